The molecule has 3 aromatic rings. The van der Waals surface area contributed by atoms with E-state index in [-0.39, 0.29) is 11.8 Å². The Balaban J connectivity index is 1.32. The maximum atomic E-state index is 12.9. The van der Waals surface area contributed by atoms with E-state index in [1.165, 1.54) is 0 Å². The van der Waals surface area contributed by atoms with E-state index in [0.717, 1.165) is 30.1 Å². The summed E-state index contributed by atoms with van der Waals surface area (Å²) in [5.74, 6) is 0.770. The van der Waals surface area contributed by atoms with Crippen LogP contribution in [0.1, 0.15) is 15.9 Å². The SMILES string of the molecule is COc1ccccc1N1CCN(C(=O)c2ccc(NC(=O)Cc3ccccc3)cc2)CC1. The number of ether oxygens (including phenoxy) is 1. The van der Waals surface area contributed by atoms with Crippen LogP contribution >= 0.6 is 0 Å². The van der Waals surface area contributed by atoms with Gasteiger partial charge in [-0.05, 0) is 42.0 Å². The van der Waals surface area contributed by atoms with Crippen molar-refractivity contribution in [1.29, 1.82) is 0 Å². The molecule has 1 fully saturated rings. The molecule has 0 saturated carbocycles. The molecule has 6 heteroatoms. The molecule has 2 amide bonds. The van der Waals surface area contributed by atoms with Crippen LogP contribution in [0.25, 0.3) is 0 Å². The van der Waals surface area contributed by atoms with Crippen molar-refractivity contribution >= 4 is 23.2 Å². The molecule has 1 N–H and O–H groups in total. The Kier molecular flexibility index (Phi) is 6.70. The van der Waals surface area contributed by atoms with Crippen molar-refractivity contribution in [1.82, 2.24) is 4.90 Å². The molecule has 3 aromatic carbocycles. The summed E-state index contributed by atoms with van der Waals surface area (Å²) in [6.45, 7) is 2.79. The predicted octanol–water partition coefficient (Wildman–Crippen LogP) is 3.84. The lowest BCUT2D eigenvalue weighted by atomic mass is 10.1. The van der Waals surface area contributed by atoms with Gasteiger partial charge in [-0.1, -0.05) is 42.5 Å². The van der Waals surface area contributed by atoms with Crippen LogP contribution in [0.4, 0.5) is 11.4 Å². The number of rotatable bonds is 6. The summed E-state index contributed by atoms with van der Waals surface area (Å²) in [7, 11) is 1.67. The number of benzene rings is 3. The Labute approximate surface area is 188 Å². The number of carbonyl (C=O) groups is 2. The van der Waals surface area contributed by atoms with Crippen LogP contribution in [0, 0.1) is 0 Å². The Morgan fingerprint density at radius 1 is 0.844 bits per heavy atom. The van der Waals surface area contributed by atoms with Crippen LogP contribution < -0.4 is 15.0 Å². The average Bonchev–Trinajstić information content (AvgIpc) is 2.85. The van der Waals surface area contributed by atoms with Crippen LogP contribution in [0.2, 0.25) is 0 Å². The summed E-state index contributed by atoms with van der Waals surface area (Å²) in [5.41, 5.74) is 3.32. The number of piperazine rings is 1. The molecule has 1 aliphatic heterocycles. The minimum Gasteiger partial charge on any atom is -0.495 e. The molecule has 1 saturated heterocycles. The Morgan fingerprint density at radius 2 is 1.50 bits per heavy atom. The fourth-order valence-corrected chi connectivity index (χ4v) is 3.91. The van der Waals surface area contributed by atoms with Gasteiger partial charge >= 0.3 is 0 Å². The van der Waals surface area contributed by atoms with Gasteiger partial charge in [0, 0.05) is 37.4 Å². The maximum Gasteiger partial charge on any atom is 0.253 e. The molecule has 0 spiro atoms. The monoisotopic (exact) mass is 429 g/mol. The summed E-state index contributed by atoms with van der Waals surface area (Å²) in [5, 5.41) is 2.89. The largest absolute Gasteiger partial charge is 0.495 e. The van der Waals surface area contributed by atoms with Gasteiger partial charge in [0.15, 0.2) is 0 Å². The second-order valence-corrected chi connectivity index (χ2v) is 7.74. The zero-order chi connectivity index (χ0) is 22.3. The van der Waals surface area contributed by atoms with E-state index in [1.54, 1.807) is 31.4 Å². The van der Waals surface area contributed by atoms with Crippen molar-refractivity contribution < 1.29 is 14.3 Å². The van der Waals surface area contributed by atoms with Crippen LogP contribution in [0.3, 0.4) is 0 Å². The van der Waals surface area contributed by atoms with Gasteiger partial charge in [0.1, 0.15) is 5.75 Å². The quantitative estimate of drug-likeness (QED) is 0.647. The van der Waals surface area contributed by atoms with Crippen molar-refractivity contribution in [2.24, 2.45) is 0 Å². The van der Waals surface area contributed by atoms with Crippen LogP contribution in [0.5, 0.6) is 5.75 Å². The zero-order valence-corrected chi connectivity index (χ0v) is 18.2. The highest BCUT2D eigenvalue weighted by Gasteiger charge is 2.23. The minimum absolute atomic E-state index is 0.00633. The van der Waals surface area contributed by atoms with E-state index in [2.05, 4.69) is 10.2 Å². The number of amides is 2. The van der Waals surface area contributed by atoms with E-state index < -0.39 is 0 Å². The number of nitrogens with one attached hydrogen (secondary N) is 1. The first-order valence-electron chi connectivity index (χ1n) is 10.7. The zero-order valence-electron chi connectivity index (χ0n) is 18.2. The Bertz CT molecular complexity index is 1060. The minimum atomic E-state index is -0.0808. The van der Waals surface area contributed by atoms with Crippen molar-refractivity contribution in [3.8, 4) is 5.75 Å². The molecule has 1 aliphatic rings. The first-order chi connectivity index (χ1) is 15.6. The number of anilines is 2. The average molecular weight is 430 g/mol. The molecule has 0 bridgehead atoms. The first kappa shape index (κ1) is 21.4. The van der Waals surface area contributed by atoms with Gasteiger partial charge in [-0.25, -0.2) is 0 Å². The fourth-order valence-electron chi connectivity index (χ4n) is 3.91. The standard InChI is InChI=1S/C26H27N3O3/c1-32-24-10-6-5-9-23(24)28-15-17-29(18-16-28)26(31)21-11-13-22(14-12-21)27-25(30)19-20-7-3-2-4-8-20/h2-14H,15-19H2,1H3,(H,27,30). The van der Waals surface area contributed by atoms with Crippen LogP contribution in [-0.4, -0.2) is 50.0 Å². The molecule has 0 aliphatic carbocycles. The van der Waals surface area contributed by atoms with Gasteiger partial charge in [0.25, 0.3) is 5.91 Å². The number of hydrogen-bond acceptors (Lipinski definition) is 4. The summed E-state index contributed by atoms with van der Waals surface area (Å²) in [6.07, 6.45) is 0.317. The summed E-state index contributed by atoms with van der Waals surface area (Å²) < 4.78 is 5.46. The predicted molar refractivity (Wildman–Crippen MR) is 126 cm³/mol. The first-order valence-corrected chi connectivity index (χ1v) is 10.7. The molecule has 164 valence electrons. The van der Waals surface area contributed by atoms with E-state index in [0.29, 0.717) is 30.8 Å². The molecule has 0 unspecified atom stereocenters. The number of nitrogens with zero attached hydrogens (tertiary/aromatic N) is 2. The number of hydrogen-bond donors (Lipinski definition) is 1. The second-order valence-electron chi connectivity index (χ2n) is 7.74. The van der Waals surface area contributed by atoms with E-state index >= 15 is 0 Å². The summed E-state index contributed by atoms with van der Waals surface area (Å²) in [4.78, 5) is 29.3. The van der Waals surface area contributed by atoms with Gasteiger partial charge < -0.3 is 19.9 Å². The third-order valence-corrected chi connectivity index (χ3v) is 5.62. The second kappa shape index (κ2) is 10.0. The van der Waals surface area contributed by atoms with Crippen molar-refractivity contribution in [3.05, 3.63) is 90.0 Å². The van der Waals surface area contributed by atoms with Gasteiger partial charge in [0.05, 0.1) is 19.2 Å². The van der Waals surface area contributed by atoms with Crippen molar-refractivity contribution in [3.63, 3.8) is 0 Å². The highest BCUT2D eigenvalue weighted by atomic mass is 16.5. The fraction of sp³-hybridized carbons (Fsp3) is 0.231. The van der Waals surface area contributed by atoms with Crippen LogP contribution in [-0.2, 0) is 11.2 Å². The molecule has 4 rings (SSSR count). The summed E-state index contributed by atoms with van der Waals surface area (Å²) in [6, 6.07) is 24.7. The third-order valence-electron chi connectivity index (χ3n) is 5.62. The third kappa shape index (κ3) is 5.09. The maximum absolute atomic E-state index is 12.9. The number of para-hydroxylation sites is 2. The molecule has 0 atom stereocenters. The molecule has 0 radical (unpaired) electrons. The lowest BCUT2D eigenvalue weighted by Gasteiger charge is -2.36. The van der Waals surface area contributed by atoms with Gasteiger partial charge in [-0.15, -0.1) is 0 Å². The van der Waals surface area contributed by atoms with Crippen molar-refractivity contribution in [2.45, 2.75) is 6.42 Å². The van der Waals surface area contributed by atoms with E-state index in [4.69, 9.17) is 4.74 Å². The van der Waals surface area contributed by atoms with Crippen LogP contribution in [0.15, 0.2) is 78.9 Å². The molecule has 1 heterocycles. The number of carbonyl (C=O) groups excluding carboxylic acids is 2. The molecular formula is C26H27N3O3. The lowest BCUT2D eigenvalue weighted by molar-refractivity contribution is -0.115. The van der Waals surface area contributed by atoms with Gasteiger partial charge in [0.2, 0.25) is 5.91 Å². The highest BCUT2D eigenvalue weighted by Crippen LogP contribution is 2.28. The molecular weight excluding hydrogens is 402 g/mol. The van der Waals surface area contributed by atoms with Crippen molar-refractivity contribution in [2.75, 3.05) is 43.5 Å². The van der Waals surface area contributed by atoms with E-state index in [9.17, 15) is 9.59 Å². The number of methoxy groups -OCH3 is 1. The highest BCUT2D eigenvalue weighted by molar-refractivity contribution is 5.96. The molecule has 0 aromatic heterocycles. The Morgan fingerprint density at radius 3 is 2.19 bits per heavy atom. The normalized spacial score (nSPS) is 13.5. The van der Waals surface area contributed by atoms with Gasteiger partial charge in [-0.2, -0.15) is 0 Å². The molecule has 32 heavy (non-hydrogen) atoms. The lowest BCUT2D eigenvalue weighted by Crippen LogP contribution is -2.48. The Hall–Kier alpha value is -3.80. The topological polar surface area (TPSA) is 61.9 Å². The summed E-state index contributed by atoms with van der Waals surface area (Å²) >= 11 is 0. The van der Waals surface area contributed by atoms with Gasteiger partial charge in [-0.3, -0.25) is 9.59 Å². The molecule has 6 nitrogen and oxygen atoms in total. The van der Waals surface area contributed by atoms with E-state index in [1.807, 2.05) is 59.5 Å². The smallest absolute Gasteiger partial charge is 0.253 e.